The number of rotatable bonds is 56. The molecule has 0 aliphatic carbocycles. The Morgan fingerprint density at radius 1 is 0.531 bits per heavy atom. The standard InChI is InChI=1S/C60H112N2O19/c1-3-5-7-9-11-13-15-17-19-21-23-25-27-29-31-33-52(67)77-46-48(47-78-53(68)34-32-30-28-26-24-22-20-18-16-14-12-10-8-6-4-2)79-60(73)62-36-38-75-40-42-76-41-39-74-37-35-61-43-49(65)54(69)58(50(66)44-63)81-59-57(72)56(71)55(70)51(45-64)80-59/h17-20,48-51,54-59,61,63-66,69-72H,3-16,21-47H2,1-2H3,(H,62,73)/b19-17-,20-18-/t49-,50+,51+,54+,55-,56-,57+,58+,59-/m0/s1. The van der Waals surface area contributed by atoms with Crippen LogP contribution in [-0.2, 0) is 47.5 Å². The number of amides is 1. The number of ether oxygens (including phenoxy) is 8. The number of unbranched alkanes of at least 4 members (excludes halogenated alkanes) is 22. The Morgan fingerprint density at radius 3 is 1.42 bits per heavy atom. The van der Waals surface area contributed by atoms with Crippen molar-refractivity contribution in [3.63, 3.8) is 0 Å². The van der Waals surface area contributed by atoms with Crippen molar-refractivity contribution in [3.05, 3.63) is 24.3 Å². The maximum absolute atomic E-state index is 12.7. The molecule has 0 bridgehead atoms. The monoisotopic (exact) mass is 1160 g/mol. The Hall–Kier alpha value is -2.87. The molecule has 9 atom stereocenters. The van der Waals surface area contributed by atoms with Gasteiger partial charge in [0.25, 0.3) is 0 Å². The van der Waals surface area contributed by atoms with E-state index in [-0.39, 0.29) is 85.3 Å². The van der Waals surface area contributed by atoms with Crippen molar-refractivity contribution in [1.82, 2.24) is 10.6 Å². The Labute approximate surface area is 485 Å². The van der Waals surface area contributed by atoms with Crippen LogP contribution < -0.4 is 10.6 Å². The first-order valence-electron chi connectivity index (χ1n) is 31.0. The molecule has 1 aliphatic heterocycles. The molecule has 1 fully saturated rings. The Kier molecular flexibility index (Phi) is 50.6. The van der Waals surface area contributed by atoms with Crippen LogP contribution in [0.4, 0.5) is 4.79 Å². The first-order chi connectivity index (χ1) is 39.4. The number of esters is 2. The van der Waals surface area contributed by atoms with E-state index in [4.69, 9.17) is 37.9 Å². The number of carbonyl (C=O) groups excluding carboxylic acids is 3. The van der Waals surface area contributed by atoms with Crippen molar-refractivity contribution in [1.29, 1.82) is 0 Å². The number of carbonyl (C=O) groups is 3. The summed E-state index contributed by atoms with van der Waals surface area (Å²) in [6, 6.07) is 0. The Bertz CT molecular complexity index is 1470. The average molecular weight is 1170 g/mol. The molecule has 81 heavy (non-hydrogen) atoms. The lowest BCUT2D eigenvalue weighted by Crippen LogP contribution is -2.61. The summed E-state index contributed by atoms with van der Waals surface area (Å²) >= 11 is 0. The molecule has 0 aromatic carbocycles. The fourth-order valence-corrected chi connectivity index (χ4v) is 8.84. The zero-order chi connectivity index (χ0) is 59.4. The maximum Gasteiger partial charge on any atom is 0.407 e. The fraction of sp³-hybridized carbons (Fsp3) is 0.883. The van der Waals surface area contributed by atoms with E-state index >= 15 is 0 Å². The molecule has 1 amide bonds. The summed E-state index contributed by atoms with van der Waals surface area (Å²) in [5, 5.41) is 86.2. The van der Waals surface area contributed by atoms with Crippen LogP contribution in [0, 0.1) is 0 Å². The van der Waals surface area contributed by atoms with Crippen LogP contribution in [0.1, 0.15) is 194 Å². The summed E-state index contributed by atoms with van der Waals surface area (Å²) in [5.41, 5.74) is 0. The number of alkyl carbamates (subject to hydrolysis) is 1. The first-order valence-corrected chi connectivity index (χ1v) is 31.0. The van der Waals surface area contributed by atoms with Crippen molar-refractivity contribution in [2.45, 2.75) is 255 Å². The van der Waals surface area contributed by atoms with Gasteiger partial charge in [0, 0.05) is 32.5 Å². The van der Waals surface area contributed by atoms with Gasteiger partial charge in [-0.15, -0.1) is 0 Å². The van der Waals surface area contributed by atoms with Gasteiger partial charge in [-0.3, -0.25) is 9.59 Å². The number of hydrogen-bond acceptors (Lipinski definition) is 20. The molecule has 21 heteroatoms. The highest BCUT2D eigenvalue weighted by Gasteiger charge is 2.46. The van der Waals surface area contributed by atoms with Crippen molar-refractivity contribution in [2.75, 3.05) is 85.7 Å². The van der Waals surface area contributed by atoms with Gasteiger partial charge in [-0.25, -0.2) is 4.79 Å². The van der Waals surface area contributed by atoms with Gasteiger partial charge in [-0.1, -0.05) is 141 Å². The lowest BCUT2D eigenvalue weighted by Gasteiger charge is -2.42. The number of hydrogen-bond donors (Lipinski definition) is 10. The molecule has 1 aliphatic rings. The zero-order valence-electron chi connectivity index (χ0n) is 49.6. The second-order valence-corrected chi connectivity index (χ2v) is 21.1. The van der Waals surface area contributed by atoms with Crippen LogP contribution in [0.3, 0.4) is 0 Å². The van der Waals surface area contributed by atoms with E-state index < -0.39 is 92.5 Å². The molecule has 0 spiro atoms. The highest BCUT2D eigenvalue weighted by Crippen LogP contribution is 2.25. The lowest BCUT2D eigenvalue weighted by atomic mass is 9.98. The summed E-state index contributed by atoms with van der Waals surface area (Å²) < 4.78 is 43.7. The van der Waals surface area contributed by atoms with E-state index in [0.29, 0.717) is 12.8 Å². The molecule has 10 N–H and O–H groups in total. The smallest absolute Gasteiger partial charge is 0.407 e. The number of aliphatic hydroxyl groups excluding tert-OH is 8. The minimum Gasteiger partial charge on any atom is -0.462 e. The lowest BCUT2D eigenvalue weighted by molar-refractivity contribution is -0.327. The van der Waals surface area contributed by atoms with Crippen LogP contribution >= 0.6 is 0 Å². The SMILES string of the molecule is CCCCCCCC/C=C\CCCCCCCC(=O)OCC(COC(=O)CCCCCCC/C=C\CCCCCCCC)OC(=O)NCCOCCOCCOCCNC[C@H](O)[C@@H](O)[C@H](O[C@@H]1O[C@H](CO)[C@H](O)[C@H](O)[C@H]1O)[C@H](O)CO. The van der Waals surface area contributed by atoms with Gasteiger partial charge in [0.15, 0.2) is 12.4 Å². The van der Waals surface area contributed by atoms with Crippen molar-refractivity contribution in [3.8, 4) is 0 Å². The molecule has 21 nitrogen and oxygen atoms in total. The third-order valence-electron chi connectivity index (χ3n) is 13.9. The largest absolute Gasteiger partial charge is 0.462 e. The van der Waals surface area contributed by atoms with Gasteiger partial charge in [0.2, 0.25) is 0 Å². The van der Waals surface area contributed by atoms with Crippen LogP contribution in [-0.4, -0.2) is 206 Å². The normalized spacial score (nSPS) is 19.1. The Morgan fingerprint density at radius 2 is 0.963 bits per heavy atom. The molecule has 0 unspecified atom stereocenters. The van der Waals surface area contributed by atoms with E-state index in [2.05, 4.69) is 48.8 Å². The second kappa shape index (κ2) is 53.8. The fourth-order valence-electron chi connectivity index (χ4n) is 8.84. The molecule has 1 heterocycles. The van der Waals surface area contributed by atoms with E-state index in [1.165, 1.54) is 77.0 Å². The van der Waals surface area contributed by atoms with E-state index in [9.17, 15) is 55.2 Å². The summed E-state index contributed by atoms with van der Waals surface area (Å²) in [6.07, 6.45) is 22.8. The minimum absolute atomic E-state index is 0.117. The van der Waals surface area contributed by atoms with Gasteiger partial charge >= 0.3 is 18.0 Å². The molecular formula is C60H112N2O19. The van der Waals surface area contributed by atoms with Crippen LogP contribution in [0.15, 0.2) is 24.3 Å². The summed E-state index contributed by atoms with van der Waals surface area (Å²) in [4.78, 5) is 38.0. The highest BCUT2D eigenvalue weighted by atomic mass is 16.7. The first kappa shape index (κ1) is 76.1. The highest BCUT2D eigenvalue weighted by molar-refractivity contribution is 5.70. The van der Waals surface area contributed by atoms with Crippen LogP contribution in [0.5, 0.6) is 0 Å². The number of nitrogens with one attached hydrogen (secondary N) is 2. The summed E-state index contributed by atoms with van der Waals surface area (Å²) in [5.74, 6) is -0.795. The van der Waals surface area contributed by atoms with E-state index in [1.807, 2.05) is 0 Å². The minimum atomic E-state index is -1.83. The molecule has 1 saturated heterocycles. The van der Waals surface area contributed by atoms with Crippen molar-refractivity contribution < 1.29 is 93.1 Å². The molecule has 0 aromatic heterocycles. The number of aliphatic hydroxyl groups is 8. The zero-order valence-corrected chi connectivity index (χ0v) is 49.6. The molecule has 0 radical (unpaired) electrons. The quantitative estimate of drug-likeness (QED) is 0.0141. The van der Waals surface area contributed by atoms with Gasteiger partial charge in [0.1, 0.15) is 55.9 Å². The van der Waals surface area contributed by atoms with Gasteiger partial charge < -0.3 is 89.4 Å². The average Bonchev–Trinajstić information content (AvgIpc) is 3.46. The predicted molar refractivity (Wildman–Crippen MR) is 308 cm³/mol. The van der Waals surface area contributed by atoms with Gasteiger partial charge in [-0.05, 0) is 64.2 Å². The van der Waals surface area contributed by atoms with Crippen molar-refractivity contribution >= 4 is 18.0 Å². The summed E-state index contributed by atoms with van der Waals surface area (Å²) in [7, 11) is 0. The van der Waals surface area contributed by atoms with E-state index in [0.717, 1.165) is 77.0 Å². The third kappa shape index (κ3) is 41.7. The number of allylic oxidation sites excluding steroid dienone is 4. The molecule has 1 rings (SSSR count). The summed E-state index contributed by atoms with van der Waals surface area (Å²) in [6.45, 7) is 3.85. The van der Waals surface area contributed by atoms with Crippen molar-refractivity contribution in [2.24, 2.45) is 0 Å². The van der Waals surface area contributed by atoms with Crippen LogP contribution in [0.2, 0.25) is 0 Å². The predicted octanol–water partition coefficient (Wildman–Crippen LogP) is 6.14. The molecule has 0 aromatic rings. The van der Waals surface area contributed by atoms with Gasteiger partial charge in [-0.2, -0.15) is 0 Å². The topological polar surface area (TPSA) is 311 Å². The molecule has 476 valence electrons. The van der Waals surface area contributed by atoms with Gasteiger partial charge in [0.05, 0.1) is 59.0 Å². The molecular weight excluding hydrogens is 1050 g/mol. The molecule has 0 saturated carbocycles. The third-order valence-corrected chi connectivity index (χ3v) is 13.9. The second-order valence-electron chi connectivity index (χ2n) is 21.1. The van der Waals surface area contributed by atoms with E-state index in [1.54, 1.807) is 0 Å². The van der Waals surface area contributed by atoms with Crippen LogP contribution in [0.25, 0.3) is 0 Å². The maximum atomic E-state index is 12.7. The Balaban J connectivity index is 2.35.